The number of carbonyl (C=O) groups excluding carboxylic acids is 3. The van der Waals surface area contributed by atoms with E-state index in [1.165, 1.54) is 30.3 Å². The molecule has 2 aromatic carbocycles. The van der Waals surface area contributed by atoms with E-state index < -0.39 is 35.0 Å². The van der Waals surface area contributed by atoms with Crippen LogP contribution in [-0.2, 0) is 9.59 Å². The van der Waals surface area contributed by atoms with Crippen LogP contribution in [-0.4, -0.2) is 42.4 Å². The standard InChI is InChI=1S/C26H32F2N4O3/c1-16(2)31-22(15-23(33)32-26(3,4)5)25(35)30-13-12-29-24(34)19-14-17(10-11-21(19)28)18-8-6-7-9-20(18)27/h6-11,14,22,31H,1,12-13,15H2,2-5H3,(H,29,34)(H,30,35)(H,32,33). The molecule has 0 aliphatic heterocycles. The van der Waals surface area contributed by atoms with Gasteiger partial charge >= 0.3 is 0 Å². The Labute approximate surface area is 204 Å². The summed E-state index contributed by atoms with van der Waals surface area (Å²) in [6, 6.07) is 8.94. The van der Waals surface area contributed by atoms with E-state index in [1.54, 1.807) is 13.0 Å². The monoisotopic (exact) mass is 486 g/mol. The second-order valence-electron chi connectivity index (χ2n) is 9.20. The number of hydrogen-bond acceptors (Lipinski definition) is 4. The maximum absolute atomic E-state index is 14.3. The molecule has 0 bridgehead atoms. The average Bonchev–Trinajstić information content (AvgIpc) is 2.75. The lowest BCUT2D eigenvalue weighted by atomic mass is 10.0. The highest BCUT2D eigenvalue weighted by molar-refractivity contribution is 5.96. The number of amides is 3. The fraction of sp³-hybridized carbons (Fsp3) is 0.346. The first kappa shape index (κ1) is 27.5. The van der Waals surface area contributed by atoms with Gasteiger partial charge in [-0.3, -0.25) is 14.4 Å². The Morgan fingerprint density at radius 1 is 0.971 bits per heavy atom. The van der Waals surface area contributed by atoms with Crippen LogP contribution in [0.2, 0.25) is 0 Å². The number of halogens is 2. The van der Waals surface area contributed by atoms with E-state index in [-0.39, 0.29) is 36.5 Å². The van der Waals surface area contributed by atoms with Crippen molar-refractivity contribution in [2.24, 2.45) is 0 Å². The summed E-state index contributed by atoms with van der Waals surface area (Å²) >= 11 is 0. The van der Waals surface area contributed by atoms with Crippen molar-refractivity contribution in [3.8, 4) is 11.1 Å². The molecule has 0 saturated heterocycles. The highest BCUT2D eigenvalue weighted by atomic mass is 19.1. The van der Waals surface area contributed by atoms with Crippen LogP contribution in [0.5, 0.6) is 0 Å². The Balaban J connectivity index is 1.95. The van der Waals surface area contributed by atoms with Gasteiger partial charge in [-0.05, 0) is 51.5 Å². The topological polar surface area (TPSA) is 99.3 Å². The van der Waals surface area contributed by atoms with E-state index in [0.29, 0.717) is 11.3 Å². The first-order valence-electron chi connectivity index (χ1n) is 11.2. The molecule has 1 unspecified atom stereocenters. The smallest absolute Gasteiger partial charge is 0.254 e. The van der Waals surface area contributed by atoms with Gasteiger partial charge in [0, 0.05) is 29.9 Å². The molecule has 0 fully saturated rings. The molecular formula is C26H32F2N4O3. The van der Waals surface area contributed by atoms with Crippen LogP contribution in [0.15, 0.2) is 54.7 Å². The van der Waals surface area contributed by atoms with Crippen LogP contribution in [0.4, 0.5) is 8.78 Å². The van der Waals surface area contributed by atoms with E-state index in [9.17, 15) is 23.2 Å². The molecule has 0 radical (unpaired) electrons. The van der Waals surface area contributed by atoms with E-state index in [1.807, 2.05) is 20.8 Å². The zero-order valence-corrected chi connectivity index (χ0v) is 20.4. The fourth-order valence-corrected chi connectivity index (χ4v) is 3.30. The van der Waals surface area contributed by atoms with Gasteiger partial charge in [0.15, 0.2) is 0 Å². The van der Waals surface area contributed by atoms with E-state index in [0.717, 1.165) is 6.07 Å². The minimum Gasteiger partial charge on any atom is -0.377 e. The number of hydrogen-bond donors (Lipinski definition) is 4. The molecule has 35 heavy (non-hydrogen) atoms. The number of benzene rings is 2. The molecule has 0 aliphatic carbocycles. The molecule has 1 atom stereocenters. The Morgan fingerprint density at radius 2 is 1.63 bits per heavy atom. The van der Waals surface area contributed by atoms with Crippen molar-refractivity contribution >= 4 is 17.7 Å². The van der Waals surface area contributed by atoms with Crippen molar-refractivity contribution in [3.63, 3.8) is 0 Å². The van der Waals surface area contributed by atoms with Gasteiger partial charge < -0.3 is 21.3 Å². The Kier molecular flexibility index (Phi) is 9.50. The van der Waals surface area contributed by atoms with Crippen molar-refractivity contribution in [3.05, 3.63) is 71.9 Å². The van der Waals surface area contributed by atoms with Crippen molar-refractivity contribution in [2.45, 2.75) is 45.7 Å². The molecule has 2 rings (SSSR count). The van der Waals surface area contributed by atoms with Gasteiger partial charge in [0.2, 0.25) is 11.8 Å². The quantitative estimate of drug-likeness (QED) is 0.388. The predicted octanol–water partition coefficient (Wildman–Crippen LogP) is 3.27. The Morgan fingerprint density at radius 3 is 2.26 bits per heavy atom. The Hall–Kier alpha value is -3.75. The SMILES string of the molecule is C=C(C)NC(CC(=O)NC(C)(C)C)C(=O)NCCNC(=O)c1cc(-c2ccccc2F)ccc1F. The highest BCUT2D eigenvalue weighted by Crippen LogP contribution is 2.24. The van der Waals surface area contributed by atoms with Gasteiger partial charge in [-0.15, -0.1) is 0 Å². The predicted molar refractivity (Wildman–Crippen MR) is 131 cm³/mol. The Bertz CT molecular complexity index is 1100. The number of rotatable bonds is 10. The van der Waals surface area contributed by atoms with Crippen LogP contribution in [0.3, 0.4) is 0 Å². The maximum Gasteiger partial charge on any atom is 0.254 e. The third-order valence-electron chi connectivity index (χ3n) is 4.75. The molecule has 3 amide bonds. The first-order valence-corrected chi connectivity index (χ1v) is 11.2. The molecule has 188 valence electrons. The maximum atomic E-state index is 14.3. The summed E-state index contributed by atoms with van der Waals surface area (Å²) in [6.07, 6.45) is -0.101. The molecule has 7 nitrogen and oxygen atoms in total. The minimum atomic E-state index is -0.847. The molecule has 0 aromatic heterocycles. The third-order valence-corrected chi connectivity index (χ3v) is 4.75. The molecule has 4 N–H and O–H groups in total. The lowest BCUT2D eigenvalue weighted by molar-refractivity contribution is -0.128. The first-order chi connectivity index (χ1) is 16.4. The number of carbonyl (C=O) groups is 3. The molecule has 2 aromatic rings. The zero-order chi connectivity index (χ0) is 26.2. The molecule has 9 heteroatoms. The second-order valence-corrected chi connectivity index (χ2v) is 9.20. The van der Waals surface area contributed by atoms with E-state index in [2.05, 4.69) is 27.8 Å². The van der Waals surface area contributed by atoms with Gasteiger partial charge in [0.1, 0.15) is 17.7 Å². The van der Waals surface area contributed by atoms with E-state index in [4.69, 9.17) is 0 Å². The average molecular weight is 487 g/mol. The van der Waals surface area contributed by atoms with Crippen LogP contribution in [0.1, 0.15) is 44.5 Å². The van der Waals surface area contributed by atoms with E-state index >= 15 is 0 Å². The summed E-state index contributed by atoms with van der Waals surface area (Å²) in [7, 11) is 0. The van der Waals surface area contributed by atoms with Crippen molar-refractivity contribution < 1.29 is 23.2 Å². The fourth-order valence-electron chi connectivity index (χ4n) is 3.30. The normalized spacial score (nSPS) is 11.8. The summed E-state index contributed by atoms with van der Waals surface area (Å²) in [5, 5.41) is 10.8. The summed E-state index contributed by atoms with van der Waals surface area (Å²) < 4.78 is 28.3. The molecular weight excluding hydrogens is 454 g/mol. The van der Waals surface area contributed by atoms with Gasteiger partial charge in [-0.25, -0.2) is 8.78 Å². The van der Waals surface area contributed by atoms with Crippen LogP contribution in [0, 0.1) is 11.6 Å². The highest BCUT2D eigenvalue weighted by Gasteiger charge is 2.24. The van der Waals surface area contributed by atoms with Gasteiger partial charge in [-0.2, -0.15) is 0 Å². The minimum absolute atomic E-state index is 0.0158. The summed E-state index contributed by atoms with van der Waals surface area (Å²) in [6.45, 7) is 11.0. The second kappa shape index (κ2) is 12.1. The lowest BCUT2D eigenvalue weighted by Crippen LogP contribution is -2.49. The lowest BCUT2D eigenvalue weighted by Gasteiger charge is -2.24. The van der Waals surface area contributed by atoms with Crippen LogP contribution < -0.4 is 21.3 Å². The van der Waals surface area contributed by atoms with Crippen molar-refractivity contribution in [2.75, 3.05) is 13.1 Å². The largest absolute Gasteiger partial charge is 0.377 e. The molecule has 0 saturated carbocycles. The van der Waals surface area contributed by atoms with Crippen LogP contribution in [0.25, 0.3) is 11.1 Å². The molecule has 0 spiro atoms. The van der Waals surface area contributed by atoms with Gasteiger partial charge in [0.05, 0.1) is 12.0 Å². The number of nitrogens with one attached hydrogen (secondary N) is 4. The molecule has 0 aliphatic rings. The van der Waals surface area contributed by atoms with Gasteiger partial charge in [0.25, 0.3) is 5.91 Å². The third kappa shape index (κ3) is 8.84. The van der Waals surface area contributed by atoms with Crippen molar-refractivity contribution in [1.82, 2.24) is 21.3 Å². The summed E-state index contributed by atoms with van der Waals surface area (Å²) in [5.41, 5.74) is 0.459. The summed E-state index contributed by atoms with van der Waals surface area (Å²) in [4.78, 5) is 37.3. The van der Waals surface area contributed by atoms with Crippen LogP contribution >= 0.6 is 0 Å². The summed E-state index contributed by atoms with van der Waals surface area (Å²) in [5.74, 6) is -2.68. The van der Waals surface area contributed by atoms with Gasteiger partial charge in [-0.1, -0.05) is 30.8 Å². The molecule has 0 heterocycles. The number of allylic oxidation sites excluding steroid dienone is 1. The zero-order valence-electron chi connectivity index (χ0n) is 20.4. The van der Waals surface area contributed by atoms with Crippen molar-refractivity contribution in [1.29, 1.82) is 0 Å².